The summed E-state index contributed by atoms with van der Waals surface area (Å²) in [5, 5.41) is 9.57. The molecule has 0 saturated carbocycles. The molecule has 5 heteroatoms. The van der Waals surface area contributed by atoms with E-state index in [0.717, 1.165) is 18.5 Å². The van der Waals surface area contributed by atoms with Crippen molar-refractivity contribution in [3.63, 3.8) is 0 Å². The topological polar surface area (TPSA) is 58.5 Å². The van der Waals surface area contributed by atoms with Crippen molar-refractivity contribution in [2.24, 2.45) is 0 Å². The third-order valence-corrected chi connectivity index (χ3v) is 4.44. The summed E-state index contributed by atoms with van der Waals surface area (Å²) >= 11 is 0. The molecule has 0 saturated heterocycles. The van der Waals surface area contributed by atoms with Crippen LogP contribution in [-0.4, -0.2) is 28.2 Å². The quantitative estimate of drug-likeness (QED) is 0.815. The maximum absolute atomic E-state index is 9.57. The average Bonchev–Trinajstić information content (AvgIpc) is 2.58. The Morgan fingerprint density at radius 3 is 2.24 bits per heavy atom. The van der Waals surface area contributed by atoms with Crippen LogP contribution in [0.5, 0.6) is 5.88 Å². The molecule has 0 atom stereocenters. The van der Waals surface area contributed by atoms with E-state index in [9.17, 15) is 5.11 Å². The minimum atomic E-state index is -0.137. The van der Waals surface area contributed by atoms with Crippen LogP contribution in [0.1, 0.15) is 48.9 Å². The Bertz CT molecular complexity index is 704. The normalized spacial score (nSPS) is 11.0. The second-order valence-electron chi connectivity index (χ2n) is 6.52. The molecular weight excluding hydrogens is 314 g/mol. The molecule has 1 aromatic carbocycles. The van der Waals surface area contributed by atoms with E-state index in [1.54, 1.807) is 6.20 Å². The predicted molar refractivity (Wildman–Crippen MR) is 102 cm³/mol. The molecule has 1 aromatic heterocycles. The van der Waals surface area contributed by atoms with E-state index in [1.807, 2.05) is 11.9 Å². The highest BCUT2D eigenvalue weighted by Crippen LogP contribution is 2.31. The largest absolute Gasteiger partial charge is 0.474 e. The van der Waals surface area contributed by atoms with Crippen molar-refractivity contribution < 1.29 is 9.84 Å². The Hall–Kier alpha value is -2.14. The fourth-order valence-corrected chi connectivity index (χ4v) is 3.17. The first-order valence-electron chi connectivity index (χ1n) is 8.86. The van der Waals surface area contributed by atoms with E-state index in [4.69, 9.17) is 4.74 Å². The van der Waals surface area contributed by atoms with Crippen molar-refractivity contribution in [2.75, 3.05) is 11.9 Å². The lowest BCUT2D eigenvalue weighted by molar-refractivity contribution is 0.176. The van der Waals surface area contributed by atoms with Gasteiger partial charge in [0.2, 0.25) is 11.8 Å². The summed E-state index contributed by atoms with van der Waals surface area (Å²) in [5.74, 6) is 1.03. The SMILES string of the molecule is CCC(CC)Oc1nc(N(C)c2c(C)cc(C)cc2C)ncc1CO. The molecular formula is C20H29N3O2. The maximum atomic E-state index is 9.57. The number of ether oxygens (including phenoxy) is 1. The molecule has 0 unspecified atom stereocenters. The summed E-state index contributed by atoms with van der Waals surface area (Å²) in [6, 6.07) is 4.31. The van der Waals surface area contributed by atoms with Crippen molar-refractivity contribution in [1.82, 2.24) is 9.97 Å². The van der Waals surface area contributed by atoms with Crippen molar-refractivity contribution in [3.05, 3.63) is 40.6 Å². The number of nitrogens with zero attached hydrogens (tertiary/aromatic N) is 3. The van der Waals surface area contributed by atoms with Crippen LogP contribution in [-0.2, 0) is 6.61 Å². The maximum Gasteiger partial charge on any atom is 0.232 e. The van der Waals surface area contributed by atoms with Gasteiger partial charge in [-0.05, 0) is 44.7 Å². The summed E-state index contributed by atoms with van der Waals surface area (Å²) < 4.78 is 6.00. The zero-order valence-electron chi connectivity index (χ0n) is 16.1. The van der Waals surface area contributed by atoms with Gasteiger partial charge in [-0.1, -0.05) is 31.5 Å². The zero-order chi connectivity index (χ0) is 18.6. The molecule has 0 spiro atoms. The molecule has 25 heavy (non-hydrogen) atoms. The molecule has 2 rings (SSSR count). The Morgan fingerprint density at radius 2 is 1.72 bits per heavy atom. The third kappa shape index (κ3) is 4.28. The molecule has 1 N–H and O–H groups in total. The highest BCUT2D eigenvalue weighted by Gasteiger charge is 2.17. The first-order chi connectivity index (χ1) is 11.9. The van der Waals surface area contributed by atoms with Gasteiger partial charge in [0.25, 0.3) is 0 Å². The van der Waals surface area contributed by atoms with Crippen molar-refractivity contribution >= 4 is 11.6 Å². The predicted octanol–water partition coefficient (Wildman–Crippen LogP) is 4.23. The molecule has 0 radical (unpaired) electrons. The van der Waals surface area contributed by atoms with E-state index >= 15 is 0 Å². The van der Waals surface area contributed by atoms with E-state index in [-0.39, 0.29) is 12.7 Å². The Balaban J connectivity index is 2.42. The fourth-order valence-electron chi connectivity index (χ4n) is 3.17. The van der Waals surface area contributed by atoms with Crippen LogP contribution >= 0.6 is 0 Å². The minimum Gasteiger partial charge on any atom is -0.474 e. The molecule has 0 aliphatic carbocycles. The van der Waals surface area contributed by atoms with Crippen LogP contribution in [0.2, 0.25) is 0 Å². The van der Waals surface area contributed by atoms with Gasteiger partial charge in [0, 0.05) is 18.9 Å². The highest BCUT2D eigenvalue weighted by atomic mass is 16.5. The minimum absolute atomic E-state index is 0.0844. The summed E-state index contributed by atoms with van der Waals surface area (Å²) in [4.78, 5) is 11.0. The van der Waals surface area contributed by atoms with Gasteiger partial charge in [0.05, 0.1) is 18.3 Å². The number of rotatable bonds is 7. The van der Waals surface area contributed by atoms with Gasteiger partial charge in [-0.3, -0.25) is 0 Å². The molecule has 2 aromatic rings. The molecule has 0 aliphatic heterocycles. The van der Waals surface area contributed by atoms with Crippen LogP contribution in [0.4, 0.5) is 11.6 Å². The first-order valence-corrected chi connectivity index (χ1v) is 8.86. The molecule has 5 nitrogen and oxygen atoms in total. The van der Waals surface area contributed by atoms with Crippen LogP contribution in [0.3, 0.4) is 0 Å². The number of anilines is 2. The van der Waals surface area contributed by atoms with Gasteiger partial charge in [-0.2, -0.15) is 4.98 Å². The number of hydrogen-bond donors (Lipinski definition) is 1. The van der Waals surface area contributed by atoms with Gasteiger partial charge in [0.15, 0.2) is 0 Å². The monoisotopic (exact) mass is 343 g/mol. The summed E-state index contributed by atoms with van der Waals surface area (Å²) in [5.41, 5.74) is 5.30. The molecule has 0 aliphatic rings. The van der Waals surface area contributed by atoms with Gasteiger partial charge in [-0.25, -0.2) is 4.98 Å². The lowest BCUT2D eigenvalue weighted by Crippen LogP contribution is -2.19. The van der Waals surface area contributed by atoms with E-state index in [2.05, 4.69) is 56.7 Å². The number of benzene rings is 1. The van der Waals surface area contributed by atoms with Crippen molar-refractivity contribution in [1.29, 1.82) is 0 Å². The molecule has 0 fully saturated rings. The summed E-state index contributed by atoms with van der Waals surface area (Å²) in [6.07, 6.45) is 3.52. The molecule has 0 amide bonds. The smallest absolute Gasteiger partial charge is 0.232 e. The molecule has 136 valence electrons. The number of aromatic nitrogens is 2. The molecule has 1 heterocycles. The van der Waals surface area contributed by atoms with E-state index < -0.39 is 0 Å². The number of aryl methyl sites for hydroxylation is 3. The van der Waals surface area contributed by atoms with Crippen molar-refractivity contribution in [2.45, 2.75) is 60.2 Å². The second-order valence-corrected chi connectivity index (χ2v) is 6.52. The second kappa shape index (κ2) is 8.30. The van der Waals surface area contributed by atoms with Gasteiger partial charge in [0.1, 0.15) is 0 Å². The lowest BCUT2D eigenvalue weighted by Gasteiger charge is -2.24. The molecule has 0 bridgehead atoms. The number of hydrogen-bond acceptors (Lipinski definition) is 5. The number of aliphatic hydroxyl groups excluding tert-OH is 1. The standard InChI is InChI=1S/C20H29N3O2/c1-7-17(8-2)25-19-16(12-24)11-21-20(22-19)23(6)18-14(4)9-13(3)10-15(18)5/h9-11,17,24H,7-8,12H2,1-6H3. The fraction of sp³-hybridized carbons (Fsp3) is 0.500. The zero-order valence-corrected chi connectivity index (χ0v) is 16.1. The van der Waals surface area contributed by atoms with Crippen LogP contribution in [0, 0.1) is 20.8 Å². The highest BCUT2D eigenvalue weighted by molar-refractivity contribution is 5.66. The third-order valence-electron chi connectivity index (χ3n) is 4.44. The van der Waals surface area contributed by atoms with Crippen LogP contribution in [0.15, 0.2) is 18.3 Å². The van der Waals surface area contributed by atoms with Crippen LogP contribution < -0.4 is 9.64 Å². The number of aliphatic hydroxyl groups is 1. The van der Waals surface area contributed by atoms with Gasteiger partial charge in [-0.15, -0.1) is 0 Å². The van der Waals surface area contributed by atoms with Gasteiger partial charge < -0.3 is 14.7 Å². The Morgan fingerprint density at radius 1 is 1.12 bits per heavy atom. The summed E-state index contributed by atoms with van der Waals surface area (Å²) in [7, 11) is 1.96. The Labute approximate surface area is 150 Å². The van der Waals surface area contributed by atoms with Gasteiger partial charge >= 0.3 is 0 Å². The lowest BCUT2D eigenvalue weighted by atomic mass is 10.0. The van der Waals surface area contributed by atoms with E-state index in [0.29, 0.717) is 17.4 Å². The van der Waals surface area contributed by atoms with Crippen molar-refractivity contribution in [3.8, 4) is 5.88 Å². The Kier molecular flexibility index (Phi) is 6.37. The summed E-state index contributed by atoms with van der Waals surface area (Å²) in [6.45, 7) is 10.3. The van der Waals surface area contributed by atoms with E-state index in [1.165, 1.54) is 16.7 Å². The average molecular weight is 343 g/mol. The first kappa shape index (κ1) is 19.2. The van der Waals surface area contributed by atoms with Crippen LogP contribution in [0.25, 0.3) is 0 Å².